The third-order valence-corrected chi connectivity index (χ3v) is 12.2. The zero-order valence-electron chi connectivity index (χ0n) is 25.2. The third kappa shape index (κ3) is 4.33. The van der Waals surface area contributed by atoms with E-state index in [1.807, 2.05) is 12.1 Å². The summed E-state index contributed by atoms with van der Waals surface area (Å²) in [4.78, 5) is 12.1. The molecule has 1 saturated carbocycles. The van der Waals surface area contributed by atoms with Crippen molar-refractivity contribution in [2.45, 2.75) is 119 Å². The van der Waals surface area contributed by atoms with Crippen molar-refractivity contribution < 1.29 is 9.90 Å². The van der Waals surface area contributed by atoms with Crippen molar-refractivity contribution in [1.82, 2.24) is 0 Å². The molecule has 0 unspecified atom stereocenters. The van der Waals surface area contributed by atoms with E-state index in [2.05, 4.69) is 60.6 Å². The van der Waals surface area contributed by atoms with E-state index in [9.17, 15) is 9.90 Å². The zero-order valence-corrected chi connectivity index (χ0v) is 25.2. The van der Waals surface area contributed by atoms with Crippen molar-refractivity contribution >= 4 is 5.97 Å². The van der Waals surface area contributed by atoms with Crippen LogP contribution >= 0.6 is 0 Å². The van der Waals surface area contributed by atoms with Gasteiger partial charge in [0.15, 0.2) is 0 Å². The maximum atomic E-state index is 12.1. The lowest BCUT2D eigenvalue weighted by Gasteiger charge is -2.60. The van der Waals surface area contributed by atoms with E-state index in [-0.39, 0.29) is 10.8 Å². The second-order valence-electron chi connectivity index (χ2n) is 15.0. The predicted octanol–water partition coefficient (Wildman–Crippen LogP) is 10.2. The number of fused-ring (bicyclic) bond motifs is 4. The normalized spacial score (nSPS) is 34.8. The van der Waals surface area contributed by atoms with Crippen LogP contribution in [0.15, 0.2) is 47.1 Å². The van der Waals surface area contributed by atoms with Crippen LogP contribution in [0.25, 0.3) is 0 Å². The van der Waals surface area contributed by atoms with Gasteiger partial charge in [-0.05, 0) is 114 Å². The molecule has 0 heterocycles. The van der Waals surface area contributed by atoms with Crippen LogP contribution < -0.4 is 0 Å². The van der Waals surface area contributed by atoms with Crippen LogP contribution in [0.4, 0.5) is 0 Å². The molecule has 0 radical (unpaired) electrons. The smallest absolute Gasteiger partial charge is 0.335 e. The fourth-order valence-electron chi connectivity index (χ4n) is 10.2. The highest BCUT2D eigenvalue weighted by Crippen LogP contribution is 2.68. The summed E-state index contributed by atoms with van der Waals surface area (Å²) in [6.07, 6.45) is 15.3. The Bertz CT molecular complexity index is 1140. The van der Waals surface area contributed by atoms with Gasteiger partial charge < -0.3 is 5.11 Å². The molecule has 0 amide bonds. The van der Waals surface area contributed by atoms with Crippen LogP contribution in [-0.4, -0.2) is 11.1 Å². The van der Waals surface area contributed by atoms with Crippen LogP contribution in [0.1, 0.15) is 135 Å². The molecule has 0 saturated heterocycles. The number of hydrogen-bond acceptors (Lipinski definition) is 1. The van der Waals surface area contributed by atoms with Crippen molar-refractivity contribution in [1.29, 1.82) is 0 Å². The first kappa shape index (κ1) is 27.7. The Morgan fingerprint density at radius 3 is 2.42 bits per heavy atom. The zero-order chi connectivity index (χ0) is 27.5. The average molecular weight is 517 g/mol. The maximum Gasteiger partial charge on any atom is 0.335 e. The highest BCUT2D eigenvalue weighted by molar-refractivity contribution is 5.89. The van der Waals surface area contributed by atoms with E-state index in [4.69, 9.17) is 0 Å². The van der Waals surface area contributed by atoms with Crippen molar-refractivity contribution in [3.8, 4) is 0 Å². The molecular weight excluding hydrogens is 464 g/mol. The minimum atomic E-state index is -0.786. The quantitative estimate of drug-likeness (QED) is 0.391. The molecular formula is C36H52O2. The molecule has 4 aliphatic carbocycles. The number of carboxylic acid groups (broad SMARTS) is 1. The van der Waals surface area contributed by atoms with Gasteiger partial charge in [0.1, 0.15) is 0 Å². The van der Waals surface area contributed by atoms with Gasteiger partial charge in [-0.2, -0.15) is 0 Å². The highest BCUT2D eigenvalue weighted by Gasteiger charge is 2.58. The van der Waals surface area contributed by atoms with Crippen molar-refractivity contribution in [2.24, 2.45) is 39.9 Å². The Hall–Kier alpha value is -1.83. The number of rotatable bonds is 7. The van der Waals surface area contributed by atoms with Crippen LogP contribution in [0.3, 0.4) is 0 Å². The molecule has 0 aromatic heterocycles. The number of carboxylic acids is 1. The molecule has 1 aromatic rings. The average Bonchev–Trinajstić information content (AvgIpc) is 3.21. The number of carbonyl (C=O) groups is 1. The Labute approximate surface area is 232 Å². The third-order valence-electron chi connectivity index (χ3n) is 12.2. The number of benzene rings is 1. The monoisotopic (exact) mass is 516 g/mol. The highest BCUT2D eigenvalue weighted by atomic mass is 16.4. The molecule has 1 aromatic carbocycles. The fraction of sp³-hybridized carbons (Fsp3) is 0.694. The summed E-state index contributed by atoms with van der Waals surface area (Å²) >= 11 is 0. The molecule has 6 atom stereocenters. The molecule has 0 spiro atoms. The minimum absolute atomic E-state index is 0.0648. The molecule has 0 bridgehead atoms. The van der Waals surface area contributed by atoms with Crippen molar-refractivity contribution in [2.75, 3.05) is 0 Å². The lowest BCUT2D eigenvalue weighted by Crippen LogP contribution is -2.50. The first-order valence-electron chi connectivity index (χ1n) is 15.7. The molecule has 4 aliphatic rings. The van der Waals surface area contributed by atoms with E-state index in [0.717, 1.165) is 29.7 Å². The minimum Gasteiger partial charge on any atom is -0.478 e. The van der Waals surface area contributed by atoms with E-state index in [1.165, 1.54) is 57.8 Å². The standard InChI is InChI=1S/C36H52O2/c1-23(2)11-10-12-24(3)28-16-17-30-27-15-18-32-34(4,5)29(25-13-8-9-14-26(25)33(37)38)19-22-36(32,7)31(27)20-21-35(28,30)6/h8-9,13-14,17,23-24,28-29,32H,10-12,15-16,18-22H2,1-7H3,(H,37,38)/t24-,28-,29-,32+,35-,36-/m1/s1. The largest absolute Gasteiger partial charge is 0.478 e. The van der Waals surface area contributed by atoms with Crippen LogP contribution in [0, 0.1) is 39.9 Å². The summed E-state index contributed by atoms with van der Waals surface area (Å²) in [7, 11) is 0. The number of allylic oxidation sites excluding steroid dienone is 4. The van der Waals surface area contributed by atoms with Gasteiger partial charge in [0.2, 0.25) is 0 Å². The molecule has 1 N–H and O–H groups in total. The SMILES string of the molecule is CC(C)CCC[C@@H](C)[C@H]1CC=C2C3=C(CC[C@@]21C)[C@@]1(C)CC[C@H](c2ccccc2C(=O)O)C(C)(C)[C@@H]1CC3. The molecule has 1 fully saturated rings. The van der Waals surface area contributed by atoms with E-state index >= 15 is 0 Å². The van der Waals surface area contributed by atoms with Gasteiger partial charge in [0.05, 0.1) is 5.56 Å². The second kappa shape index (κ2) is 9.97. The van der Waals surface area contributed by atoms with Crippen LogP contribution in [0.2, 0.25) is 0 Å². The summed E-state index contributed by atoms with van der Waals surface area (Å²) in [5.41, 5.74) is 7.46. The van der Waals surface area contributed by atoms with Gasteiger partial charge in [-0.15, -0.1) is 0 Å². The van der Waals surface area contributed by atoms with E-state index in [0.29, 0.717) is 22.8 Å². The second-order valence-corrected chi connectivity index (χ2v) is 15.0. The van der Waals surface area contributed by atoms with Gasteiger partial charge in [-0.1, -0.05) is 97.6 Å². The first-order valence-corrected chi connectivity index (χ1v) is 15.7. The van der Waals surface area contributed by atoms with Crippen LogP contribution in [0.5, 0.6) is 0 Å². The van der Waals surface area contributed by atoms with Crippen molar-refractivity contribution in [3.63, 3.8) is 0 Å². The first-order chi connectivity index (χ1) is 17.9. The van der Waals surface area contributed by atoms with Gasteiger partial charge in [0, 0.05) is 0 Å². The lowest BCUT2D eigenvalue weighted by molar-refractivity contribution is -0.0127. The Morgan fingerprint density at radius 1 is 0.974 bits per heavy atom. The Morgan fingerprint density at radius 2 is 1.71 bits per heavy atom. The summed E-state index contributed by atoms with van der Waals surface area (Å²) in [5, 5.41) is 9.93. The van der Waals surface area contributed by atoms with Gasteiger partial charge >= 0.3 is 5.97 Å². The molecule has 38 heavy (non-hydrogen) atoms. The molecule has 0 aliphatic heterocycles. The molecule has 208 valence electrons. The summed E-state index contributed by atoms with van der Waals surface area (Å²) in [6, 6.07) is 7.79. The summed E-state index contributed by atoms with van der Waals surface area (Å²) < 4.78 is 0. The van der Waals surface area contributed by atoms with Crippen LogP contribution in [-0.2, 0) is 0 Å². The summed E-state index contributed by atoms with van der Waals surface area (Å²) in [5.74, 6) is 2.50. The topological polar surface area (TPSA) is 37.3 Å². The molecule has 5 rings (SSSR count). The van der Waals surface area contributed by atoms with E-state index < -0.39 is 5.97 Å². The molecule has 2 nitrogen and oxygen atoms in total. The maximum absolute atomic E-state index is 12.1. The number of hydrogen-bond donors (Lipinski definition) is 1. The van der Waals surface area contributed by atoms with Gasteiger partial charge in [-0.25, -0.2) is 4.79 Å². The van der Waals surface area contributed by atoms with Gasteiger partial charge in [-0.3, -0.25) is 0 Å². The predicted molar refractivity (Wildman–Crippen MR) is 158 cm³/mol. The van der Waals surface area contributed by atoms with Gasteiger partial charge in [0.25, 0.3) is 0 Å². The number of aromatic carboxylic acids is 1. The Balaban J connectivity index is 1.42. The fourth-order valence-corrected chi connectivity index (χ4v) is 10.2. The Kier molecular flexibility index (Phi) is 7.28. The lowest BCUT2D eigenvalue weighted by atomic mass is 9.44. The van der Waals surface area contributed by atoms with Crippen molar-refractivity contribution in [3.05, 3.63) is 58.2 Å². The molecule has 2 heteroatoms. The summed E-state index contributed by atoms with van der Waals surface area (Å²) in [6.45, 7) is 17.3. The van der Waals surface area contributed by atoms with E-state index in [1.54, 1.807) is 22.8 Å².